The maximum atomic E-state index is 11.6. The van der Waals surface area contributed by atoms with E-state index < -0.39 is 11.8 Å². The first-order valence-electron chi connectivity index (χ1n) is 5.48. The fourth-order valence-corrected chi connectivity index (χ4v) is 1.42. The first-order valence-corrected chi connectivity index (χ1v) is 5.48. The molecule has 4 heteroatoms. The number of rotatable bonds is 2. The van der Waals surface area contributed by atoms with E-state index in [0.29, 0.717) is 11.4 Å². The Balaban J connectivity index is 0.00000180. The van der Waals surface area contributed by atoms with Crippen LogP contribution in [-0.4, -0.2) is 11.8 Å². The molecule has 0 unspecified atom stereocenters. The monoisotopic (exact) mass is 272 g/mol. The Kier molecular flexibility index (Phi) is 7.37. The predicted octanol–water partition coefficient (Wildman–Crippen LogP) is 3.54. The van der Waals surface area contributed by atoms with Crippen LogP contribution in [0.4, 0.5) is 11.4 Å². The molecular weight excluding hydrogens is 252 g/mol. The molecular formula is C16H20N2O2. The molecule has 0 aromatic heterocycles. The quantitative estimate of drug-likeness (QED) is 0.821. The maximum Gasteiger partial charge on any atom is 0.314 e. The number of carbonyl (C=O) groups is 2. The molecule has 2 aromatic rings. The van der Waals surface area contributed by atoms with Gasteiger partial charge in [0.15, 0.2) is 0 Å². The number of hydrogen-bond donors (Lipinski definition) is 2. The zero-order valence-electron chi connectivity index (χ0n) is 9.59. The molecule has 2 aromatic carbocycles. The number of amides is 2. The number of nitrogens with one attached hydrogen (secondary N) is 2. The van der Waals surface area contributed by atoms with E-state index >= 15 is 0 Å². The molecule has 0 saturated heterocycles. The average molecular weight is 272 g/mol. The third kappa shape index (κ3) is 4.94. The zero-order valence-corrected chi connectivity index (χ0v) is 9.59. The minimum atomic E-state index is -0.690. The summed E-state index contributed by atoms with van der Waals surface area (Å²) in [5.74, 6) is -1.38. The Bertz CT molecular complexity index is 487. The smallest absolute Gasteiger partial charge is 0.314 e. The van der Waals surface area contributed by atoms with Gasteiger partial charge in [-0.3, -0.25) is 9.59 Å². The molecule has 0 heterocycles. The summed E-state index contributed by atoms with van der Waals surface area (Å²) in [4.78, 5) is 23.2. The molecule has 20 heavy (non-hydrogen) atoms. The summed E-state index contributed by atoms with van der Waals surface area (Å²) in [6.45, 7) is 0. The van der Waals surface area contributed by atoms with Crippen molar-refractivity contribution in [3.63, 3.8) is 0 Å². The first-order chi connectivity index (χ1) is 8.75. The largest absolute Gasteiger partial charge is 0.318 e. The number of carbonyl (C=O) groups excluding carboxylic acids is 2. The van der Waals surface area contributed by atoms with Gasteiger partial charge in [-0.2, -0.15) is 0 Å². The number of benzene rings is 2. The van der Waals surface area contributed by atoms with Crippen molar-refractivity contribution >= 4 is 23.2 Å². The van der Waals surface area contributed by atoms with E-state index in [9.17, 15) is 9.59 Å². The van der Waals surface area contributed by atoms with E-state index in [1.807, 2.05) is 12.1 Å². The molecule has 0 spiro atoms. The van der Waals surface area contributed by atoms with Gasteiger partial charge in [-0.15, -0.1) is 0 Å². The van der Waals surface area contributed by atoms with E-state index in [0.717, 1.165) is 0 Å². The lowest BCUT2D eigenvalue weighted by molar-refractivity contribution is -0.132. The highest BCUT2D eigenvalue weighted by molar-refractivity contribution is 6.43. The SMILES string of the molecule is C.C.O=C(Nc1ccccc1)C(=O)Nc1ccccc1. The lowest BCUT2D eigenvalue weighted by Crippen LogP contribution is -2.28. The van der Waals surface area contributed by atoms with E-state index in [1.54, 1.807) is 48.5 Å². The van der Waals surface area contributed by atoms with Crippen molar-refractivity contribution in [3.05, 3.63) is 60.7 Å². The van der Waals surface area contributed by atoms with Crippen LogP contribution >= 0.6 is 0 Å². The third-order valence-electron chi connectivity index (χ3n) is 2.27. The number of para-hydroxylation sites is 2. The van der Waals surface area contributed by atoms with Gasteiger partial charge in [0, 0.05) is 11.4 Å². The number of hydrogen-bond acceptors (Lipinski definition) is 2. The van der Waals surface area contributed by atoms with E-state index in [4.69, 9.17) is 0 Å². The van der Waals surface area contributed by atoms with Crippen molar-refractivity contribution in [2.75, 3.05) is 10.6 Å². The molecule has 0 aliphatic heterocycles. The van der Waals surface area contributed by atoms with Gasteiger partial charge in [-0.25, -0.2) is 0 Å². The highest BCUT2D eigenvalue weighted by atomic mass is 16.2. The topological polar surface area (TPSA) is 58.2 Å². The molecule has 0 aliphatic carbocycles. The molecule has 0 saturated carbocycles. The van der Waals surface area contributed by atoms with Gasteiger partial charge in [0.25, 0.3) is 0 Å². The summed E-state index contributed by atoms with van der Waals surface area (Å²) in [6, 6.07) is 17.7. The Labute approximate surface area is 119 Å². The second-order valence-corrected chi connectivity index (χ2v) is 3.64. The second-order valence-electron chi connectivity index (χ2n) is 3.64. The summed E-state index contributed by atoms with van der Waals surface area (Å²) < 4.78 is 0. The van der Waals surface area contributed by atoms with Gasteiger partial charge in [0.05, 0.1) is 0 Å². The predicted molar refractivity (Wildman–Crippen MR) is 83.6 cm³/mol. The molecule has 0 atom stereocenters. The molecule has 0 radical (unpaired) electrons. The molecule has 4 nitrogen and oxygen atoms in total. The summed E-state index contributed by atoms with van der Waals surface area (Å²) in [5.41, 5.74) is 1.18. The fraction of sp³-hybridized carbons (Fsp3) is 0.125. The van der Waals surface area contributed by atoms with E-state index in [1.165, 1.54) is 0 Å². The van der Waals surface area contributed by atoms with Crippen LogP contribution in [0, 0.1) is 0 Å². The second kappa shape index (κ2) is 8.48. The highest BCUT2D eigenvalue weighted by Crippen LogP contribution is 2.07. The van der Waals surface area contributed by atoms with Crippen LogP contribution in [0.1, 0.15) is 14.9 Å². The Hall–Kier alpha value is -2.62. The first kappa shape index (κ1) is 17.4. The third-order valence-corrected chi connectivity index (χ3v) is 2.27. The van der Waals surface area contributed by atoms with Crippen LogP contribution in [0.2, 0.25) is 0 Å². The van der Waals surface area contributed by atoms with Gasteiger partial charge >= 0.3 is 11.8 Å². The van der Waals surface area contributed by atoms with Crippen molar-refractivity contribution in [3.8, 4) is 0 Å². The summed E-state index contributed by atoms with van der Waals surface area (Å²) in [6.07, 6.45) is 0. The van der Waals surface area contributed by atoms with Crippen molar-refractivity contribution in [2.45, 2.75) is 14.9 Å². The Morgan fingerprint density at radius 1 is 0.600 bits per heavy atom. The van der Waals surface area contributed by atoms with Gasteiger partial charge < -0.3 is 10.6 Å². The Morgan fingerprint density at radius 3 is 1.20 bits per heavy atom. The van der Waals surface area contributed by atoms with Crippen molar-refractivity contribution in [1.82, 2.24) is 0 Å². The molecule has 0 fully saturated rings. The van der Waals surface area contributed by atoms with Crippen LogP contribution in [0.3, 0.4) is 0 Å². The molecule has 0 aliphatic rings. The zero-order chi connectivity index (χ0) is 12.8. The fourth-order valence-electron chi connectivity index (χ4n) is 1.42. The van der Waals surface area contributed by atoms with Gasteiger partial charge in [-0.1, -0.05) is 51.3 Å². The van der Waals surface area contributed by atoms with Gasteiger partial charge in [0.2, 0.25) is 0 Å². The van der Waals surface area contributed by atoms with Crippen molar-refractivity contribution in [2.24, 2.45) is 0 Å². The van der Waals surface area contributed by atoms with Crippen LogP contribution < -0.4 is 10.6 Å². The summed E-state index contributed by atoms with van der Waals surface area (Å²) in [7, 11) is 0. The molecule has 2 N–H and O–H groups in total. The van der Waals surface area contributed by atoms with E-state index in [-0.39, 0.29) is 14.9 Å². The van der Waals surface area contributed by atoms with E-state index in [2.05, 4.69) is 10.6 Å². The average Bonchev–Trinajstić information content (AvgIpc) is 2.41. The molecule has 2 amide bonds. The Morgan fingerprint density at radius 2 is 0.900 bits per heavy atom. The normalized spacial score (nSPS) is 8.60. The molecule has 106 valence electrons. The summed E-state index contributed by atoms with van der Waals surface area (Å²) >= 11 is 0. The molecule has 0 bridgehead atoms. The minimum Gasteiger partial charge on any atom is -0.318 e. The van der Waals surface area contributed by atoms with Crippen LogP contribution in [0.25, 0.3) is 0 Å². The van der Waals surface area contributed by atoms with Crippen molar-refractivity contribution in [1.29, 1.82) is 0 Å². The van der Waals surface area contributed by atoms with Crippen LogP contribution in [-0.2, 0) is 9.59 Å². The molecule has 2 rings (SSSR count). The summed E-state index contributed by atoms with van der Waals surface area (Å²) in [5, 5.41) is 5.02. The maximum absolute atomic E-state index is 11.6. The standard InChI is InChI=1S/C14H12N2O2.2CH4/c17-13(15-11-7-3-1-4-8-11)14(18)16-12-9-5-2-6-10-12;;/h1-10H,(H,15,17)(H,16,18);2*1H4. The minimum absolute atomic E-state index is 0. The van der Waals surface area contributed by atoms with Crippen LogP contribution in [0.5, 0.6) is 0 Å². The van der Waals surface area contributed by atoms with Gasteiger partial charge in [-0.05, 0) is 24.3 Å². The lowest BCUT2D eigenvalue weighted by atomic mass is 10.3. The lowest BCUT2D eigenvalue weighted by Gasteiger charge is -2.05. The highest BCUT2D eigenvalue weighted by Gasteiger charge is 2.13. The van der Waals surface area contributed by atoms with Crippen LogP contribution in [0.15, 0.2) is 60.7 Å². The number of anilines is 2. The van der Waals surface area contributed by atoms with Gasteiger partial charge in [0.1, 0.15) is 0 Å². The van der Waals surface area contributed by atoms with Crippen molar-refractivity contribution < 1.29 is 9.59 Å².